The van der Waals surface area contributed by atoms with Crippen LogP contribution in [0.1, 0.15) is 19.6 Å². The van der Waals surface area contributed by atoms with E-state index in [1.165, 1.54) is 6.07 Å². The highest BCUT2D eigenvalue weighted by atomic mass is 79.9. The predicted molar refractivity (Wildman–Crippen MR) is 82.1 cm³/mol. The first kappa shape index (κ1) is 17.6. The molecule has 0 spiro atoms. The molecule has 0 aliphatic carbocycles. The summed E-state index contributed by atoms with van der Waals surface area (Å²) in [5.74, 6) is 0.573. The van der Waals surface area contributed by atoms with Gasteiger partial charge in [0.2, 0.25) is 10.0 Å². The monoisotopic (exact) mass is 367 g/mol. The third-order valence-electron chi connectivity index (χ3n) is 2.96. The van der Waals surface area contributed by atoms with E-state index in [1.807, 2.05) is 0 Å². The highest BCUT2D eigenvalue weighted by Gasteiger charge is 2.22. The fourth-order valence-corrected chi connectivity index (χ4v) is 3.81. The van der Waals surface area contributed by atoms with E-state index in [2.05, 4.69) is 44.7 Å². The first-order valence-electron chi connectivity index (χ1n) is 6.59. The van der Waals surface area contributed by atoms with Gasteiger partial charge in [-0.05, 0) is 36.1 Å². The Morgan fingerprint density at radius 2 is 2.00 bits per heavy atom. The molecule has 0 fully saturated rings. The Morgan fingerprint density at radius 1 is 1.35 bits per heavy atom. The van der Waals surface area contributed by atoms with E-state index in [1.54, 1.807) is 7.05 Å². The van der Waals surface area contributed by atoms with Crippen LogP contribution >= 0.6 is 15.9 Å². The molecule has 1 rings (SSSR count). The predicted octanol–water partition coefficient (Wildman–Crippen LogP) is 1.38. The molecule has 2 N–H and O–H groups in total. The van der Waals surface area contributed by atoms with Gasteiger partial charge in [-0.25, -0.2) is 13.1 Å². The molecule has 1 aromatic rings. The molecule has 6 nitrogen and oxygen atoms in total. The zero-order valence-electron chi connectivity index (χ0n) is 12.1. The molecular formula is C12H22BrN3O3S. The van der Waals surface area contributed by atoms with Crippen LogP contribution in [0.25, 0.3) is 0 Å². The first-order chi connectivity index (χ1) is 9.44. The number of likely N-dealkylation sites (N-methyl/N-ethyl adjacent to an activating group) is 1. The average molecular weight is 368 g/mol. The van der Waals surface area contributed by atoms with Crippen LogP contribution in [0.3, 0.4) is 0 Å². The Kier molecular flexibility index (Phi) is 7.18. The van der Waals surface area contributed by atoms with E-state index in [0.29, 0.717) is 25.4 Å². The largest absolute Gasteiger partial charge is 0.452 e. The van der Waals surface area contributed by atoms with Gasteiger partial charge in [-0.2, -0.15) is 0 Å². The van der Waals surface area contributed by atoms with E-state index >= 15 is 0 Å². The normalized spacial score (nSPS) is 12.2. The van der Waals surface area contributed by atoms with E-state index in [4.69, 9.17) is 4.42 Å². The SMILES string of the molecule is CCN(CC)CCNS(=O)(=O)c1cc(CNC)oc1Br. The van der Waals surface area contributed by atoms with Crippen LogP contribution in [0.5, 0.6) is 0 Å². The molecule has 0 aromatic carbocycles. The van der Waals surface area contributed by atoms with Crippen molar-refractivity contribution in [2.45, 2.75) is 25.3 Å². The zero-order valence-corrected chi connectivity index (χ0v) is 14.5. The summed E-state index contributed by atoms with van der Waals surface area (Å²) < 4.78 is 32.5. The fraction of sp³-hybridized carbons (Fsp3) is 0.667. The van der Waals surface area contributed by atoms with Gasteiger partial charge in [0.15, 0.2) is 4.67 Å². The molecule has 0 bridgehead atoms. The number of rotatable bonds is 9. The van der Waals surface area contributed by atoms with Gasteiger partial charge in [-0.1, -0.05) is 13.8 Å². The van der Waals surface area contributed by atoms with Crippen molar-refractivity contribution in [1.82, 2.24) is 14.9 Å². The van der Waals surface area contributed by atoms with Crippen LogP contribution in [-0.4, -0.2) is 46.5 Å². The molecule has 8 heteroatoms. The Labute approximate surface area is 129 Å². The number of sulfonamides is 1. The van der Waals surface area contributed by atoms with Gasteiger partial charge in [0.05, 0.1) is 6.54 Å². The van der Waals surface area contributed by atoms with Gasteiger partial charge in [0, 0.05) is 19.2 Å². The van der Waals surface area contributed by atoms with Crippen molar-refractivity contribution in [3.63, 3.8) is 0 Å². The maximum atomic E-state index is 12.2. The Hall–Kier alpha value is -0.410. The lowest BCUT2D eigenvalue weighted by Crippen LogP contribution is -2.34. The molecule has 0 saturated heterocycles. The molecule has 0 aliphatic rings. The molecule has 116 valence electrons. The van der Waals surface area contributed by atoms with Crippen molar-refractivity contribution >= 4 is 26.0 Å². The van der Waals surface area contributed by atoms with Gasteiger partial charge in [0.1, 0.15) is 10.7 Å². The maximum Gasteiger partial charge on any atom is 0.245 e. The molecule has 0 atom stereocenters. The summed E-state index contributed by atoms with van der Waals surface area (Å²) >= 11 is 3.15. The van der Waals surface area contributed by atoms with Crippen molar-refractivity contribution in [1.29, 1.82) is 0 Å². The van der Waals surface area contributed by atoms with Crippen LogP contribution in [-0.2, 0) is 16.6 Å². The Balaban J connectivity index is 2.69. The van der Waals surface area contributed by atoms with Crippen LogP contribution < -0.4 is 10.0 Å². The van der Waals surface area contributed by atoms with Crippen molar-refractivity contribution in [3.8, 4) is 0 Å². The number of nitrogens with one attached hydrogen (secondary N) is 2. The third kappa shape index (κ3) is 4.85. The zero-order chi connectivity index (χ0) is 15.2. The minimum Gasteiger partial charge on any atom is -0.452 e. The quantitative estimate of drug-likeness (QED) is 0.689. The van der Waals surface area contributed by atoms with Crippen molar-refractivity contribution in [2.75, 3.05) is 33.2 Å². The molecular weight excluding hydrogens is 346 g/mol. The third-order valence-corrected chi connectivity index (χ3v) is 5.28. The second-order valence-corrected chi connectivity index (χ2v) is 6.76. The minimum absolute atomic E-state index is 0.141. The lowest BCUT2D eigenvalue weighted by molar-refractivity contribution is 0.309. The second kappa shape index (κ2) is 8.14. The highest BCUT2D eigenvalue weighted by molar-refractivity contribution is 9.10. The maximum absolute atomic E-state index is 12.2. The summed E-state index contributed by atoms with van der Waals surface area (Å²) in [4.78, 5) is 2.29. The van der Waals surface area contributed by atoms with Crippen molar-refractivity contribution in [3.05, 3.63) is 16.5 Å². The highest BCUT2D eigenvalue weighted by Crippen LogP contribution is 2.25. The molecule has 0 saturated carbocycles. The summed E-state index contributed by atoms with van der Waals surface area (Å²) in [5.41, 5.74) is 0. The summed E-state index contributed by atoms with van der Waals surface area (Å²) in [6.45, 7) is 7.45. The van der Waals surface area contributed by atoms with Crippen LogP contribution in [0, 0.1) is 0 Å². The van der Waals surface area contributed by atoms with Crippen LogP contribution in [0.15, 0.2) is 20.0 Å². The van der Waals surface area contributed by atoms with Crippen molar-refractivity contribution in [2.24, 2.45) is 0 Å². The van der Waals surface area contributed by atoms with E-state index < -0.39 is 10.0 Å². The molecule has 0 amide bonds. The smallest absolute Gasteiger partial charge is 0.245 e. The van der Waals surface area contributed by atoms with Gasteiger partial charge in [0.25, 0.3) is 0 Å². The lowest BCUT2D eigenvalue weighted by Gasteiger charge is -2.17. The lowest BCUT2D eigenvalue weighted by atomic mass is 10.4. The number of nitrogens with zero attached hydrogens (tertiary/aromatic N) is 1. The molecule has 1 heterocycles. The summed E-state index contributed by atoms with van der Waals surface area (Å²) in [5, 5.41) is 2.91. The van der Waals surface area contributed by atoms with Gasteiger partial charge in [-0.3, -0.25) is 0 Å². The molecule has 0 aliphatic heterocycles. The molecule has 20 heavy (non-hydrogen) atoms. The number of halogens is 1. The second-order valence-electron chi connectivity index (χ2n) is 4.31. The van der Waals surface area contributed by atoms with E-state index in [0.717, 1.165) is 13.1 Å². The van der Waals surface area contributed by atoms with E-state index in [-0.39, 0.29) is 9.56 Å². The first-order valence-corrected chi connectivity index (χ1v) is 8.87. The van der Waals surface area contributed by atoms with Crippen LogP contribution in [0.2, 0.25) is 0 Å². The number of furan rings is 1. The summed E-state index contributed by atoms with van der Waals surface area (Å²) in [6.07, 6.45) is 0. The minimum atomic E-state index is -3.55. The molecule has 1 aromatic heterocycles. The van der Waals surface area contributed by atoms with Gasteiger partial charge in [-0.15, -0.1) is 0 Å². The molecule has 0 radical (unpaired) electrons. The van der Waals surface area contributed by atoms with E-state index in [9.17, 15) is 8.42 Å². The number of hydrogen-bond acceptors (Lipinski definition) is 5. The summed E-state index contributed by atoms with van der Waals surface area (Å²) in [7, 11) is -1.77. The summed E-state index contributed by atoms with van der Waals surface area (Å²) in [6, 6.07) is 1.53. The molecule has 0 unspecified atom stereocenters. The van der Waals surface area contributed by atoms with Crippen LogP contribution in [0.4, 0.5) is 0 Å². The fourth-order valence-electron chi connectivity index (χ4n) is 1.80. The number of hydrogen-bond donors (Lipinski definition) is 2. The average Bonchev–Trinajstić information content (AvgIpc) is 2.77. The topological polar surface area (TPSA) is 74.6 Å². The van der Waals surface area contributed by atoms with Crippen molar-refractivity contribution < 1.29 is 12.8 Å². The Bertz CT molecular complexity index is 512. The Morgan fingerprint density at radius 3 is 2.55 bits per heavy atom. The van der Waals surface area contributed by atoms with Gasteiger partial charge < -0.3 is 14.6 Å². The van der Waals surface area contributed by atoms with Gasteiger partial charge >= 0.3 is 0 Å². The standard InChI is InChI=1S/C12H22BrN3O3S/c1-4-16(5-2)7-6-15-20(17,18)11-8-10(9-14-3)19-12(11)13/h8,14-15H,4-7,9H2,1-3H3.